The van der Waals surface area contributed by atoms with Gasteiger partial charge in [-0.1, -0.05) is 0 Å². The number of esters is 1. The number of hydrogen-bond donors (Lipinski definition) is 0. The third-order valence-corrected chi connectivity index (χ3v) is 3.45. The highest BCUT2D eigenvalue weighted by molar-refractivity contribution is 7.99. The molecule has 1 rings (SSSR count). The Morgan fingerprint density at radius 1 is 1.24 bits per heavy atom. The number of thioether (sulfide) groups is 1. The first kappa shape index (κ1) is 17.6. The molecule has 0 unspecified atom stereocenters. The third-order valence-electron chi connectivity index (χ3n) is 2.47. The van der Waals surface area contributed by atoms with Crippen LogP contribution < -0.4 is 0 Å². The van der Waals surface area contributed by atoms with Gasteiger partial charge >= 0.3 is 12.1 Å². The molecule has 0 aliphatic rings. The van der Waals surface area contributed by atoms with Gasteiger partial charge in [0.2, 0.25) is 0 Å². The molecule has 1 aromatic rings. The van der Waals surface area contributed by atoms with Gasteiger partial charge in [-0.3, -0.25) is 4.79 Å². The van der Waals surface area contributed by atoms with Gasteiger partial charge in [0.05, 0.1) is 17.7 Å². The lowest BCUT2D eigenvalue weighted by Crippen LogP contribution is -2.10. The van der Waals surface area contributed by atoms with Crippen molar-refractivity contribution in [2.24, 2.45) is 0 Å². The summed E-state index contributed by atoms with van der Waals surface area (Å²) in [6, 6.07) is 3.08. The number of rotatable bonds is 6. The van der Waals surface area contributed by atoms with Gasteiger partial charge in [-0.15, -0.1) is 11.8 Å². The van der Waals surface area contributed by atoms with Crippen LogP contribution in [0.2, 0.25) is 0 Å². The lowest BCUT2D eigenvalue weighted by atomic mass is 10.1. The molecule has 0 radical (unpaired) electrons. The molecule has 0 heterocycles. The zero-order valence-electron chi connectivity index (χ0n) is 11.6. The molecule has 0 aliphatic carbocycles. The highest BCUT2D eigenvalue weighted by atomic mass is 32.2. The average Bonchev–Trinajstić information content (AvgIpc) is 2.37. The number of hydrogen-bond acceptors (Lipinski definition) is 4. The molecule has 0 bridgehead atoms. The molecule has 0 fully saturated rings. The van der Waals surface area contributed by atoms with Gasteiger partial charge in [0.15, 0.2) is 0 Å². The van der Waals surface area contributed by atoms with E-state index >= 15 is 0 Å². The van der Waals surface area contributed by atoms with Gasteiger partial charge in [0, 0.05) is 17.1 Å². The first-order chi connectivity index (χ1) is 9.74. The molecule has 116 valence electrons. The minimum atomic E-state index is -4.54. The SMILES string of the molecule is CCOC(=O)c1cc(SCCC(C)=O)cc(C(F)(F)F)c1. The fourth-order valence-corrected chi connectivity index (χ4v) is 2.54. The van der Waals surface area contributed by atoms with Crippen molar-refractivity contribution in [3.63, 3.8) is 0 Å². The molecule has 7 heteroatoms. The molecular formula is C14H15F3O3S. The number of alkyl halides is 3. The van der Waals surface area contributed by atoms with Crippen molar-refractivity contribution in [2.75, 3.05) is 12.4 Å². The van der Waals surface area contributed by atoms with Crippen LogP contribution in [0, 0.1) is 0 Å². The molecule has 21 heavy (non-hydrogen) atoms. The van der Waals surface area contributed by atoms with Gasteiger partial charge in [0.25, 0.3) is 0 Å². The van der Waals surface area contributed by atoms with E-state index in [0.29, 0.717) is 5.75 Å². The van der Waals surface area contributed by atoms with E-state index in [9.17, 15) is 22.8 Å². The average molecular weight is 320 g/mol. The lowest BCUT2D eigenvalue weighted by molar-refractivity contribution is -0.137. The van der Waals surface area contributed by atoms with Gasteiger partial charge in [-0.05, 0) is 32.0 Å². The summed E-state index contributed by atoms with van der Waals surface area (Å²) in [4.78, 5) is 22.7. The third kappa shape index (κ3) is 5.79. The molecule has 0 N–H and O–H groups in total. The van der Waals surface area contributed by atoms with Crippen molar-refractivity contribution in [3.8, 4) is 0 Å². The van der Waals surface area contributed by atoms with Crippen molar-refractivity contribution in [3.05, 3.63) is 29.3 Å². The predicted octanol–water partition coefficient (Wildman–Crippen LogP) is 3.95. The van der Waals surface area contributed by atoms with Gasteiger partial charge in [0.1, 0.15) is 5.78 Å². The number of ether oxygens (including phenoxy) is 1. The monoisotopic (exact) mass is 320 g/mol. The molecule has 0 aromatic heterocycles. The van der Waals surface area contributed by atoms with E-state index in [4.69, 9.17) is 4.74 Å². The van der Waals surface area contributed by atoms with Crippen LogP contribution in [-0.2, 0) is 15.7 Å². The Labute approximate surface area is 124 Å². The second kappa shape index (κ2) is 7.49. The van der Waals surface area contributed by atoms with E-state index in [-0.39, 0.29) is 29.3 Å². The fourth-order valence-electron chi connectivity index (χ4n) is 1.49. The topological polar surface area (TPSA) is 43.4 Å². The molecule has 0 spiro atoms. The Bertz CT molecular complexity index is 527. The number of benzene rings is 1. The van der Waals surface area contributed by atoms with Crippen LogP contribution in [0.4, 0.5) is 13.2 Å². The standard InChI is InChI=1S/C14H15F3O3S/c1-3-20-13(19)10-6-11(14(15,16)17)8-12(7-10)21-5-4-9(2)18/h6-8H,3-5H2,1-2H3. The van der Waals surface area contributed by atoms with E-state index in [2.05, 4.69) is 0 Å². The minimum absolute atomic E-state index is 0.0416. The Hall–Kier alpha value is -1.50. The molecule has 0 amide bonds. The van der Waals surface area contributed by atoms with E-state index in [1.807, 2.05) is 0 Å². The van der Waals surface area contributed by atoms with E-state index in [0.717, 1.165) is 23.9 Å². The minimum Gasteiger partial charge on any atom is -0.462 e. The van der Waals surface area contributed by atoms with E-state index in [1.165, 1.54) is 13.0 Å². The number of halogens is 3. The maximum absolute atomic E-state index is 12.8. The van der Waals surface area contributed by atoms with Gasteiger partial charge < -0.3 is 4.74 Å². The van der Waals surface area contributed by atoms with Crippen LogP contribution >= 0.6 is 11.8 Å². The maximum Gasteiger partial charge on any atom is 0.416 e. The summed E-state index contributed by atoms with van der Waals surface area (Å²) >= 11 is 1.10. The van der Waals surface area contributed by atoms with Crippen LogP contribution in [0.5, 0.6) is 0 Å². The largest absolute Gasteiger partial charge is 0.462 e. The molecule has 0 aliphatic heterocycles. The zero-order valence-corrected chi connectivity index (χ0v) is 12.4. The smallest absolute Gasteiger partial charge is 0.416 e. The Morgan fingerprint density at radius 2 is 1.90 bits per heavy atom. The van der Waals surface area contributed by atoms with Crippen LogP contribution in [0.15, 0.2) is 23.1 Å². The van der Waals surface area contributed by atoms with E-state index in [1.54, 1.807) is 6.92 Å². The van der Waals surface area contributed by atoms with Crippen molar-refractivity contribution in [1.82, 2.24) is 0 Å². The molecule has 0 saturated heterocycles. The first-order valence-corrected chi connectivity index (χ1v) is 7.24. The van der Waals surface area contributed by atoms with E-state index < -0.39 is 17.7 Å². The van der Waals surface area contributed by atoms with Crippen LogP contribution in [0.3, 0.4) is 0 Å². The fraction of sp³-hybridized carbons (Fsp3) is 0.429. The zero-order chi connectivity index (χ0) is 16.0. The number of carbonyl (C=O) groups excluding carboxylic acids is 2. The van der Waals surface area contributed by atoms with Crippen LogP contribution in [-0.4, -0.2) is 24.1 Å². The van der Waals surface area contributed by atoms with Crippen molar-refractivity contribution in [2.45, 2.75) is 31.3 Å². The summed E-state index contributed by atoms with van der Waals surface area (Å²) in [5.41, 5.74) is -1.05. The lowest BCUT2D eigenvalue weighted by Gasteiger charge is -2.11. The molecular weight excluding hydrogens is 305 g/mol. The number of ketones is 1. The summed E-state index contributed by atoms with van der Waals surface area (Å²) in [5, 5.41) is 0. The van der Waals surface area contributed by atoms with Crippen molar-refractivity contribution in [1.29, 1.82) is 0 Å². The quantitative estimate of drug-likeness (QED) is 0.588. The number of carbonyl (C=O) groups is 2. The summed E-state index contributed by atoms with van der Waals surface area (Å²) in [6.07, 6.45) is -4.28. The first-order valence-electron chi connectivity index (χ1n) is 6.25. The predicted molar refractivity (Wildman–Crippen MR) is 73.4 cm³/mol. The van der Waals surface area contributed by atoms with Crippen molar-refractivity contribution < 1.29 is 27.5 Å². The summed E-state index contributed by atoms with van der Waals surface area (Å²) < 4.78 is 43.2. The second-order valence-electron chi connectivity index (χ2n) is 4.26. The van der Waals surface area contributed by atoms with Gasteiger partial charge in [-0.25, -0.2) is 4.79 Å². The Morgan fingerprint density at radius 3 is 2.43 bits per heavy atom. The maximum atomic E-state index is 12.8. The summed E-state index contributed by atoms with van der Waals surface area (Å²) in [5.74, 6) is -0.476. The molecule has 0 atom stereocenters. The highest BCUT2D eigenvalue weighted by Gasteiger charge is 2.32. The Balaban J connectivity index is 3.03. The normalized spacial score (nSPS) is 11.3. The summed E-state index contributed by atoms with van der Waals surface area (Å²) in [6.45, 7) is 3.08. The van der Waals surface area contributed by atoms with Gasteiger partial charge in [-0.2, -0.15) is 13.2 Å². The highest BCUT2D eigenvalue weighted by Crippen LogP contribution is 2.33. The molecule has 0 saturated carbocycles. The van der Waals surface area contributed by atoms with Crippen LogP contribution in [0.25, 0.3) is 0 Å². The van der Waals surface area contributed by atoms with Crippen LogP contribution in [0.1, 0.15) is 36.2 Å². The second-order valence-corrected chi connectivity index (χ2v) is 5.43. The summed E-state index contributed by atoms with van der Waals surface area (Å²) in [7, 11) is 0. The molecule has 3 nitrogen and oxygen atoms in total. The number of Topliss-reactive ketones (excluding diaryl/α,β-unsaturated/α-hetero) is 1. The van der Waals surface area contributed by atoms with Crippen molar-refractivity contribution >= 4 is 23.5 Å². The Kier molecular flexibility index (Phi) is 6.26. The molecule has 1 aromatic carbocycles.